The van der Waals surface area contributed by atoms with Gasteiger partial charge in [-0.15, -0.1) is 0 Å². The lowest BCUT2D eigenvalue weighted by Crippen LogP contribution is -2.52. The number of amides is 2. The molecule has 0 spiro atoms. The Morgan fingerprint density at radius 2 is 1.74 bits per heavy atom. The molecular formula is C14H24N2O3. The fraction of sp³-hybridized carbons (Fsp3) is 0.857. The Hall–Kier alpha value is -1.26. The molecule has 0 radical (unpaired) electrons. The summed E-state index contributed by atoms with van der Waals surface area (Å²) in [6, 6.07) is 0.175. The standard InChI is InChI=1S/C14H24N2O3/c1-14(2,8-7-11(17)18)16-13(19)15-12(9-3-4-9)10-5-6-10/h9-10,12H,3-8H2,1-2H3,(H,17,18)(H2,15,16,19). The van der Waals surface area contributed by atoms with Crippen LogP contribution in [0.2, 0.25) is 0 Å². The molecule has 0 atom stereocenters. The van der Waals surface area contributed by atoms with E-state index in [4.69, 9.17) is 5.11 Å². The Balaban J connectivity index is 1.77. The van der Waals surface area contributed by atoms with Crippen LogP contribution in [0.5, 0.6) is 0 Å². The van der Waals surface area contributed by atoms with E-state index >= 15 is 0 Å². The highest BCUT2D eigenvalue weighted by molar-refractivity contribution is 5.75. The van der Waals surface area contributed by atoms with Crippen LogP contribution in [0, 0.1) is 11.8 Å². The number of hydrogen-bond acceptors (Lipinski definition) is 2. The van der Waals surface area contributed by atoms with E-state index in [-0.39, 0.29) is 12.5 Å². The SMILES string of the molecule is CC(C)(CCC(=O)O)NC(=O)NC(C1CC1)C1CC1. The highest BCUT2D eigenvalue weighted by atomic mass is 16.4. The van der Waals surface area contributed by atoms with Crippen LogP contribution in [0.3, 0.4) is 0 Å². The number of carboxylic acid groups (broad SMARTS) is 1. The Bertz CT molecular complexity index is 348. The second kappa shape index (κ2) is 5.39. The second-order valence-electron chi connectivity index (χ2n) is 6.58. The van der Waals surface area contributed by atoms with Crippen molar-refractivity contribution < 1.29 is 14.7 Å². The first-order valence-corrected chi connectivity index (χ1v) is 7.18. The monoisotopic (exact) mass is 268 g/mol. The Kier molecular flexibility index (Phi) is 4.02. The maximum atomic E-state index is 12.0. The maximum Gasteiger partial charge on any atom is 0.315 e. The molecular weight excluding hydrogens is 244 g/mol. The molecule has 2 saturated carbocycles. The van der Waals surface area contributed by atoms with Crippen LogP contribution in [-0.4, -0.2) is 28.7 Å². The highest BCUT2D eigenvalue weighted by Crippen LogP contribution is 2.44. The van der Waals surface area contributed by atoms with E-state index in [1.165, 1.54) is 25.7 Å². The number of nitrogens with one attached hydrogen (secondary N) is 2. The van der Waals surface area contributed by atoms with Crippen molar-refractivity contribution in [2.24, 2.45) is 11.8 Å². The van der Waals surface area contributed by atoms with Crippen molar-refractivity contribution in [2.75, 3.05) is 0 Å². The highest BCUT2D eigenvalue weighted by Gasteiger charge is 2.42. The van der Waals surface area contributed by atoms with Crippen molar-refractivity contribution in [3.05, 3.63) is 0 Å². The van der Waals surface area contributed by atoms with Gasteiger partial charge < -0.3 is 15.7 Å². The van der Waals surface area contributed by atoms with E-state index in [0.29, 0.717) is 24.3 Å². The minimum absolute atomic E-state index is 0.0714. The van der Waals surface area contributed by atoms with E-state index in [2.05, 4.69) is 10.6 Å². The largest absolute Gasteiger partial charge is 0.481 e. The minimum Gasteiger partial charge on any atom is -0.481 e. The van der Waals surface area contributed by atoms with Crippen molar-refractivity contribution in [1.29, 1.82) is 0 Å². The van der Waals surface area contributed by atoms with Crippen LogP contribution >= 0.6 is 0 Å². The molecule has 0 aromatic heterocycles. The lowest BCUT2D eigenvalue weighted by atomic mass is 9.98. The smallest absolute Gasteiger partial charge is 0.315 e. The summed E-state index contributed by atoms with van der Waals surface area (Å²) in [5.74, 6) is 0.505. The normalized spacial score (nSPS) is 19.3. The summed E-state index contributed by atoms with van der Waals surface area (Å²) in [4.78, 5) is 22.6. The zero-order chi connectivity index (χ0) is 14.0. The van der Waals surface area contributed by atoms with Gasteiger partial charge in [-0.3, -0.25) is 4.79 Å². The quantitative estimate of drug-likeness (QED) is 0.661. The lowest BCUT2D eigenvalue weighted by molar-refractivity contribution is -0.137. The van der Waals surface area contributed by atoms with E-state index in [0.717, 1.165) is 0 Å². The molecule has 2 aliphatic carbocycles. The average Bonchev–Trinajstić information content (AvgIpc) is 3.14. The van der Waals surface area contributed by atoms with Gasteiger partial charge in [0.05, 0.1) is 0 Å². The lowest BCUT2D eigenvalue weighted by Gasteiger charge is -2.27. The number of carbonyl (C=O) groups excluding carboxylic acids is 1. The van der Waals surface area contributed by atoms with Crippen molar-refractivity contribution >= 4 is 12.0 Å². The van der Waals surface area contributed by atoms with Crippen LogP contribution in [0.1, 0.15) is 52.4 Å². The molecule has 0 bridgehead atoms. The van der Waals surface area contributed by atoms with Gasteiger partial charge in [0.1, 0.15) is 0 Å². The first kappa shape index (κ1) is 14.2. The van der Waals surface area contributed by atoms with Gasteiger partial charge in [0.15, 0.2) is 0 Å². The molecule has 0 aromatic rings. The summed E-state index contributed by atoms with van der Waals surface area (Å²) < 4.78 is 0. The predicted octanol–water partition coefficient (Wildman–Crippen LogP) is 2.12. The topological polar surface area (TPSA) is 78.4 Å². The van der Waals surface area contributed by atoms with Gasteiger partial charge in [-0.1, -0.05) is 0 Å². The molecule has 0 aromatic carbocycles. The number of rotatable bonds is 7. The maximum absolute atomic E-state index is 12.0. The summed E-state index contributed by atoms with van der Waals surface area (Å²) in [7, 11) is 0. The van der Waals surface area contributed by atoms with E-state index in [9.17, 15) is 9.59 Å². The third kappa shape index (κ3) is 4.73. The molecule has 0 unspecified atom stereocenters. The van der Waals surface area contributed by atoms with Crippen LogP contribution < -0.4 is 10.6 Å². The number of urea groups is 1. The zero-order valence-electron chi connectivity index (χ0n) is 11.7. The minimum atomic E-state index is -0.830. The first-order chi connectivity index (χ1) is 8.87. The zero-order valence-corrected chi connectivity index (χ0v) is 11.7. The molecule has 5 heteroatoms. The van der Waals surface area contributed by atoms with Gasteiger partial charge in [-0.25, -0.2) is 4.79 Å². The van der Waals surface area contributed by atoms with Gasteiger partial charge in [0.2, 0.25) is 0 Å². The van der Waals surface area contributed by atoms with Crippen LogP contribution in [0.15, 0.2) is 0 Å². The van der Waals surface area contributed by atoms with E-state index in [1.54, 1.807) is 0 Å². The Morgan fingerprint density at radius 3 is 2.16 bits per heavy atom. The van der Waals surface area contributed by atoms with Crippen LogP contribution in [0.4, 0.5) is 4.79 Å². The van der Waals surface area contributed by atoms with Crippen LogP contribution in [0.25, 0.3) is 0 Å². The molecule has 5 nitrogen and oxygen atoms in total. The Labute approximate surface area is 114 Å². The van der Waals surface area contributed by atoms with E-state index < -0.39 is 11.5 Å². The molecule has 0 aliphatic heterocycles. The summed E-state index contributed by atoms with van der Waals surface area (Å²) in [5.41, 5.74) is -0.486. The molecule has 3 N–H and O–H groups in total. The average molecular weight is 268 g/mol. The molecule has 0 heterocycles. The predicted molar refractivity (Wildman–Crippen MR) is 71.9 cm³/mol. The number of carbonyl (C=O) groups is 2. The summed E-state index contributed by atoms with van der Waals surface area (Å²) >= 11 is 0. The molecule has 2 rings (SSSR count). The summed E-state index contributed by atoms with van der Waals surface area (Å²) in [6.07, 6.45) is 5.41. The summed E-state index contributed by atoms with van der Waals surface area (Å²) in [6.45, 7) is 3.72. The van der Waals surface area contributed by atoms with E-state index in [1.807, 2.05) is 13.8 Å². The van der Waals surface area contributed by atoms with Crippen molar-refractivity contribution in [3.8, 4) is 0 Å². The van der Waals surface area contributed by atoms with Gasteiger partial charge in [-0.2, -0.15) is 0 Å². The summed E-state index contributed by atoms with van der Waals surface area (Å²) in [5, 5.41) is 14.7. The molecule has 2 aliphatic rings. The molecule has 2 amide bonds. The fourth-order valence-electron chi connectivity index (χ4n) is 2.51. The van der Waals surface area contributed by atoms with Gasteiger partial charge in [-0.05, 0) is 57.8 Å². The Morgan fingerprint density at radius 1 is 1.21 bits per heavy atom. The third-order valence-corrected chi connectivity index (χ3v) is 3.97. The van der Waals surface area contributed by atoms with Crippen molar-refractivity contribution in [1.82, 2.24) is 10.6 Å². The van der Waals surface area contributed by atoms with Gasteiger partial charge in [0.25, 0.3) is 0 Å². The number of carboxylic acids is 1. The van der Waals surface area contributed by atoms with Crippen molar-refractivity contribution in [2.45, 2.75) is 64.0 Å². The number of hydrogen-bond donors (Lipinski definition) is 3. The van der Waals surface area contributed by atoms with Gasteiger partial charge >= 0.3 is 12.0 Å². The molecule has 108 valence electrons. The van der Waals surface area contributed by atoms with Crippen LogP contribution in [-0.2, 0) is 4.79 Å². The van der Waals surface area contributed by atoms with Gasteiger partial charge in [0, 0.05) is 18.0 Å². The third-order valence-electron chi connectivity index (χ3n) is 3.97. The molecule has 2 fully saturated rings. The second-order valence-corrected chi connectivity index (χ2v) is 6.58. The first-order valence-electron chi connectivity index (χ1n) is 7.18. The molecule has 0 saturated heterocycles. The molecule has 19 heavy (non-hydrogen) atoms. The fourth-order valence-corrected chi connectivity index (χ4v) is 2.51. The number of aliphatic carboxylic acids is 1. The van der Waals surface area contributed by atoms with Crippen molar-refractivity contribution in [3.63, 3.8) is 0 Å².